The van der Waals surface area contributed by atoms with Crippen LogP contribution >= 0.6 is 0 Å². The zero-order valence-corrected chi connectivity index (χ0v) is 12.5. The van der Waals surface area contributed by atoms with Crippen LogP contribution in [0.25, 0.3) is 11.0 Å². The standard InChI is InChI=1S/C17H19NO4/c1-11-5-4-6-12-9-13(22-15(11)12)16(21)18-17(10-14(19)20)7-2-3-8-17/h4-6,9H,2-3,7-8,10H2,1H3,(H,18,21)(H,19,20). The number of benzene rings is 1. The summed E-state index contributed by atoms with van der Waals surface area (Å²) in [6, 6.07) is 7.44. The van der Waals surface area contributed by atoms with Gasteiger partial charge in [-0.2, -0.15) is 0 Å². The monoisotopic (exact) mass is 301 g/mol. The van der Waals surface area contributed by atoms with Crippen LogP contribution in [0.1, 0.15) is 48.2 Å². The summed E-state index contributed by atoms with van der Waals surface area (Å²) >= 11 is 0. The summed E-state index contributed by atoms with van der Waals surface area (Å²) in [7, 11) is 0. The van der Waals surface area contributed by atoms with E-state index in [0.29, 0.717) is 18.4 Å². The SMILES string of the molecule is Cc1cccc2cc(C(=O)NC3(CC(=O)O)CCCC3)oc12. The van der Waals surface area contributed by atoms with Crippen molar-refractivity contribution >= 4 is 22.8 Å². The quantitative estimate of drug-likeness (QED) is 0.908. The van der Waals surface area contributed by atoms with Gasteiger partial charge in [-0.15, -0.1) is 0 Å². The maximum Gasteiger partial charge on any atom is 0.305 e. The van der Waals surface area contributed by atoms with Crippen molar-refractivity contribution in [2.24, 2.45) is 0 Å². The number of aryl methyl sites for hydroxylation is 1. The van der Waals surface area contributed by atoms with Crippen molar-refractivity contribution < 1.29 is 19.1 Å². The number of carbonyl (C=O) groups is 2. The molecule has 3 rings (SSSR count). The molecule has 0 radical (unpaired) electrons. The molecule has 2 N–H and O–H groups in total. The van der Waals surface area contributed by atoms with Gasteiger partial charge in [0.05, 0.1) is 12.0 Å². The van der Waals surface area contributed by atoms with Crippen LogP contribution in [0.4, 0.5) is 0 Å². The highest BCUT2D eigenvalue weighted by Gasteiger charge is 2.38. The molecule has 0 atom stereocenters. The molecule has 22 heavy (non-hydrogen) atoms. The Morgan fingerprint density at radius 1 is 1.32 bits per heavy atom. The van der Waals surface area contributed by atoms with Crippen molar-refractivity contribution in [3.05, 3.63) is 35.6 Å². The number of amides is 1. The molecule has 1 saturated carbocycles. The number of carbonyl (C=O) groups excluding carboxylic acids is 1. The van der Waals surface area contributed by atoms with Crippen LogP contribution in [0.15, 0.2) is 28.7 Å². The molecule has 5 heteroatoms. The predicted octanol–water partition coefficient (Wildman–Crippen LogP) is 3.26. The van der Waals surface area contributed by atoms with E-state index in [-0.39, 0.29) is 18.1 Å². The van der Waals surface area contributed by atoms with E-state index in [9.17, 15) is 9.59 Å². The number of carboxylic acid groups (broad SMARTS) is 1. The summed E-state index contributed by atoms with van der Waals surface area (Å²) in [6.07, 6.45) is 3.23. The molecule has 0 saturated heterocycles. The predicted molar refractivity (Wildman–Crippen MR) is 81.9 cm³/mol. The van der Waals surface area contributed by atoms with Crippen molar-refractivity contribution in [2.75, 3.05) is 0 Å². The van der Waals surface area contributed by atoms with Crippen LogP contribution in [0.2, 0.25) is 0 Å². The van der Waals surface area contributed by atoms with E-state index in [2.05, 4.69) is 5.32 Å². The molecule has 1 fully saturated rings. The summed E-state index contributed by atoms with van der Waals surface area (Å²) in [4.78, 5) is 23.6. The minimum Gasteiger partial charge on any atom is -0.481 e. The minimum absolute atomic E-state index is 0.0437. The number of rotatable bonds is 4. The van der Waals surface area contributed by atoms with Crippen molar-refractivity contribution in [2.45, 2.75) is 44.6 Å². The van der Waals surface area contributed by atoms with Gasteiger partial charge in [0.2, 0.25) is 0 Å². The fraction of sp³-hybridized carbons (Fsp3) is 0.412. The lowest BCUT2D eigenvalue weighted by molar-refractivity contribution is -0.138. The van der Waals surface area contributed by atoms with Crippen molar-refractivity contribution in [3.63, 3.8) is 0 Å². The fourth-order valence-corrected chi connectivity index (χ4v) is 3.31. The number of hydrogen-bond donors (Lipinski definition) is 2. The topological polar surface area (TPSA) is 79.5 Å². The normalized spacial score (nSPS) is 16.8. The Balaban J connectivity index is 1.85. The Bertz CT molecular complexity index is 725. The van der Waals surface area contributed by atoms with Gasteiger partial charge in [-0.1, -0.05) is 31.0 Å². The second kappa shape index (κ2) is 5.48. The molecule has 5 nitrogen and oxygen atoms in total. The van der Waals surface area contributed by atoms with Crippen LogP contribution in [0.3, 0.4) is 0 Å². The smallest absolute Gasteiger partial charge is 0.305 e. The Hall–Kier alpha value is -2.30. The van der Waals surface area contributed by atoms with E-state index >= 15 is 0 Å². The van der Waals surface area contributed by atoms with E-state index in [1.807, 2.05) is 25.1 Å². The van der Waals surface area contributed by atoms with Crippen molar-refractivity contribution in [1.29, 1.82) is 0 Å². The lowest BCUT2D eigenvalue weighted by atomic mass is 9.93. The van der Waals surface area contributed by atoms with Crippen molar-refractivity contribution in [1.82, 2.24) is 5.32 Å². The van der Waals surface area contributed by atoms with Gasteiger partial charge in [0.1, 0.15) is 5.58 Å². The van der Waals surface area contributed by atoms with Gasteiger partial charge >= 0.3 is 5.97 Å². The molecule has 0 spiro atoms. The highest BCUT2D eigenvalue weighted by Crippen LogP contribution is 2.33. The first-order chi connectivity index (χ1) is 10.5. The highest BCUT2D eigenvalue weighted by molar-refractivity contribution is 5.97. The Labute approximate surface area is 128 Å². The minimum atomic E-state index is -0.886. The summed E-state index contributed by atoms with van der Waals surface area (Å²) in [5, 5.41) is 12.9. The van der Waals surface area contributed by atoms with Crippen LogP contribution in [0, 0.1) is 6.92 Å². The molecule has 1 heterocycles. The zero-order valence-electron chi connectivity index (χ0n) is 12.5. The number of aliphatic carboxylic acids is 1. The molecule has 1 amide bonds. The van der Waals surface area contributed by atoms with Gasteiger partial charge in [0, 0.05) is 5.39 Å². The van der Waals surface area contributed by atoms with Gasteiger partial charge in [-0.3, -0.25) is 9.59 Å². The summed E-state index contributed by atoms with van der Waals surface area (Å²) < 4.78 is 5.66. The number of furan rings is 1. The van der Waals surface area contributed by atoms with Crippen LogP contribution < -0.4 is 5.32 Å². The van der Waals surface area contributed by atoms with E-state index in [1.165, 1.54) is 0 Å². The maximum absolute atomic E-state index is 12.5. The molecule has 2 aromatic rings. The average molecular weight is 301 g/mol. The van der Waals surface area contributed by atoms with Crippen molar-refractivity contribution in [3.8, 4) is 0 Å². The third kappa shape index (κ3) is 2.71. The molecule has 1 aliphatic carbocycles. The molecule has 1 aromatic carbocycles. The second-order valence-electron chi connectivity index (χ2n) is 6.12. The van der Waals surface area contributed by atoms with E-state index in [4.69, 9.17) is 9.52 Å². The number of fused-ring (bicyclic) bond motifs is 1. The molecule has 0 aliphatic heterocycles. The molecular formula is C17H19NO4. The van der Waals surface area contributed by atoms with Crippen LogP contribution in [-0.2, 0) is 4.79 Å². The molecule has 1 aliphatic rings. The first kappa shape index (κ1) is 14.6. The number of hydrogen-bond acceptors (Lipinski definition) is 3. The fourth-order valence-electron chi connectivity index (χ4n) is 3.31. The summed E-state index contributed by atoms with van der Waals surface area (Å²) in [5.41, 5.74) is 1.03. The van der Waals surface area contributed by atoms with Crippen LogP contribution in [0.5, 0.6) is 0 Å². The molecule has 0 bridgehead atoms. The Morgan fingerprint density at radius 2 is 2.05 bits per heavy atom. The van der Waals surface area contributed by atoms with Gasteiger partial charge < -0.3 is 14.8 Å². The average Bonchev–Trinajstić information content (AvgIpc) is 3.05. The van der Waals surface area contributed by atoms with Gasteiger partial charge in [0.15, 0.2) is 5.76 Å². The Kier molecular flexibility index (Phi) is 3.64. The number of para-hydroxylation sites is 1. The first-order valence-corrected chi connectivity index (χ1v) is 7.53. The van der Waals surface area contributed by atoms with E-state index < -0.39 is 11.5 Å². The van der Waals surface area contributed by atoms with Crippen LogP contribution in [-0.4, -0.2) is 22.5 Å². The third-order valence-electron chi connectivity index (χ3n) is 4.39. The first-order valence-electron chi connectivity index (χ1n) is 7.53. The third-order valence-corrected chi connectivity index (χ3v) is 4.39. The number of nitrogens with one attached hydrogen (secondary N) is 1. The summed E-state index contributed by atoms with van der Waals surface area (Å²) in [6.45, 7) is 1.93. The number of carboxylic acids is 1. The maximum atomic E-state index is 12.5. The van der Waals surface area contributed by atoms with E-state index in [1.54, 1.807) is 6.07 Å². The molecule has 116 valence electrons. The molecule has 0 unspecified atom stereocenters. The molecule has 1 aromatic heterocycles. The lowest BCUT2D eigenvalue weighted by Crippen LogP contribution is -2.47. The highest BCUT2D eigenvalue weighted by atomic mass is 16.4. The molecular weight excluding hydrogens is 282 g/mol. The van der Waals surface area contributed by atoms with E-state index in [0.717, 1.165) is 23.8 Å². The summed E-state index contributed by atoms with van der Waals surface area (Å²) in [5.74, 6) is -0.984. The second-order valence-corrected chi connectivity index (χ2v) is 6.12. The lowest BCUT2D eigenvalue weighted by Gasteiger charge is -2.28. The Morgan fingerprint density at radius 3 is 2.68 bits per heavy atom. The largest absolute Gasteiger partial charge is 0.481 e. The van der Waals surface area contributed by atoms with Gasteiger partial charge in [-0.25, -0.2) is 0 Å². The van der Waals surface area contributed by atoms with Gasteiger partial charge in [0.25, 0.3) is 5.91 Å². The zero-order chi connectivity index (χ0) is 15.7. The van der Waals surface area contributed by atoms with Gasteiger partial charge in [-0.05, 0) is 31.4 Å².